The fourth-order valence-electron chi connectivity index (χ4n) is 5.63. The van der Waals surface area contributed by atoms with Crippen molar-refractivity contribution in [1.29, 1.82) is 0 Å². The molecule has 3 heterocycles. The zero-order valence-corrected chi connectivity index (χ0v) is 22.7. The number of esters is 2. The molecule has 0 bridgehead atoms. The van der Waals surface area contributed by atoms with E-state index in [1.54, 1.807) is 28.0 Å². The number of aryl methyl sites for hydroxylation is 1. The fraction of sp³-hybridized carbons (Fsp3) is 0.593. The maximum Gasteiger partial charge on any atom is 0.491 e. The summed E-state index contributed by atoms with van der Waals surface area (Å²) < 4.78 is 46.4. The minimum absolute atomic E-state index is 0.118. The van der Waals surface area contributed by atoms with E-state index >= 15 is 0 Å². The van der Waals surface area contributed by atoms with Gasteiger partial charge in [0.25, 0.3) is 5.91 Å². The molecule has 3 aliphatic rings. The monoisotopic (exact) mass is 582 g/mol. The van der Waals surface area contributed by atoms with Crippen molar-refractivity contribution < 1.29 is 46.6 Å². The molecule has 0 radical (unpaired) electrons. The van der Waals surface area contributed by atoms with Crippen molar-refractivity contribution in [3.8, 4) is 5.75 Å². The first-order valence-corrected chi connectivity index (χ1v) is 13.6. The molecule has 41 heavy (non-hydrogen) atoms. The van der Waals surface area contributed by atoms with Crippen LogP contribution in [0, 0.1) is 18.8 Å². The quantitative estimate of drug-likeness (QED) is 0.384. The van der Waals surface area contributed by atoms with Gasteiger partial charge in [0.05, 0.1) is 6.54 Å². The summed E-state index contributed by atoms with van der Waals surface area (Å²) in [5, 5.41) is 2.29. The zero-order chi connectivity index (χ0) is 29.7. The fourth-order valence-corrected chi connectivity index (χ4v) is 5.63. The largest absolute Gasteiger partial charge is 0.491 e. The molecule has 1 N–H and O–H groups in total. The van der Waals surface area contributed by atoms with E-state index in [0.29, 0.717) is 56.0 Å². The number of alkyl halides is 3. The third kappa shape index (κ3) is 7.96. The van der Waals surface area contributed by atoms with Crippen LogP contribution in [-0.4, -0.2) is 91.6 Å². The number of benzene rings is 1. The molecule has 0 aliphatic carbocycles. The van der Waals surface area contributed by atoms with Crippen LogP contribution < -0.4 is 15.0 Å². The number of hydrogen-bond donors (Lipinski definition) is 1. The maximum atomic E-state index is 12.8. The summed E-state index contributed by atoms with van der Waals surface area (Å²) in [5.74, 6) is -2.85. The van der Waals surface area contributed by atoms with Gasteiger partial charge in [0.15, 0.2) is 6.61 Å². The molecular formula is C27H33F3N4O7. The summed E-state index contributed by atoms with van der Waals surface area (Å²) in [4.78, 5) is 63.7. The highest BCUT2D eigenvalue weighted by atomic mass is 19.4. The number of piperidine rings is 2. The molecule has 4 rings (SSSR count). The van der Waals surface area contributed by atoms with E-state index in [1.807, 2.05) is 6.92 Å². The third-order valence-electron chi connectivity index (χ3n) is 7.86. The van der Waals surface area contributed by atoms with Crippen molar-refractivity contribution in [1.82, 2.24) is 15.1 Å². The summed E-state index contributed by atoms with van der Waals surface area (Å²) >= 11 is 0. The van der Waals surface area contributed by atoms with E-state index in [4.69, 9.17) is 4.74 Å². The highest BCUT2D eigenvalue weighted by Gasteiger charge is 2.42. The number of anilines is 1. The van der Waals surface area contributed by atoms with Gasteiger partial charge in [0.1, 0.15) is 5.75 Å². The highest BCUT2D eigenvalue weighted by molar-refractivity contribution is 6.05. The van der Waals surface area contributed by atoms with Crippen LogP contribution >= 0.6 is 0 Å². The lowest BCUT2D eigenvalue weighted by molar-refractivity contribution is -0.202. The maximum absolute atomic E-state index is 12.8. The average Bonchev–Trinajstić information content (AvgIpc) is 2.92. The van der Waals surface area contributed by atoms with Crippen LogP contribution in [0.3, 0.4) is 0 Å². The first-order valence-electron chi connectivity index (χ1n) is 13.6. The zero-order valence-electron chi connectivity index (χ0n) is 22.7. The van der Waals surface area contributed by atoms with Gasteiger partial charge in [0, 0.05) is 31.7 Å². The molecule has 3 saturated heterocycles. The second-order valence-electron chi connectivity index (χ2n) is 10.6. The van der Waals surface area contributed by atoms with Gasteiger partial charge in [-0.3, -0.25) is 29.5 Å². The van der Waals surface area contributed by atoms with Crippen LogP contribution in [0.4, 0.5) is 23.7 Å². The topological polar surface area (TPSA) is 126 Å². The first kappa shape index (κ1) is 30.3. The number of ether oxygens (including phenoxy) is 2. The smallest absolute Gasteiger partial charge is 0.484 e. The summed E-state index contributed by atoms with van der Waals surface area (Å²) in [5.41, 5.74) is 1.44. The molecule has 0 spiro atoms. The van der Waals surface area contributed by atoms with Crippen LogP contribution in [-0.2, 0) is 23.9 Å². The minimum atomic E-state index is -5.20. The van der Waals surface area contributed by atoms with Crippen LogP contribution in [0.2, 0.25) is 0 Å². The van der Waals surface area contributed by atoms with Gasteiger partial charge in [-0.15, -0.1) is 0 Å². The van der Waals surface area contributed by atoms with Crippen molar-refractivity contribution in [2.75, 3.05) is 50.8 Å². The van der Waals surface area contributed by atoms with E-state index in [1.165, 1.54) is 4.90 Å². The van der Waals surface area contributed by atoms with Crippen molar-refractivity contribution in [2.24, 2.45) is 11.8 Å². The van der Waals surface area contributed by atoms with Gasteiger partial charge < -0.3 is 14.4 Å². The Kier molecular flexibility index (Phi) is 9.51. The molecule has 1 aromatic rings. The molecule has 1 aromatic carbocycles. The van der Waals surface area contributed by atoms with E-state index in [2.05, 4.69) is 10.1 Å². The lowest BCUT2D eigenvalue weighted by atomic mass is 9.79. The molecule has 11 nitrogen and oxygen atoms in total. The minimum Gasteiger partial charge on any atom is -0.484 e. The number of halogens is 3. The van der Waals surface area contributed by atoms with Crippen LogP contribution in [0.15, 0.2) is 18.2 Å². The molecule has 4 amide bonds. The molecule has 0 atom stereocenters. The van der Waals surface area contributed by atoms with Crippen LogP contribution in [0.5, 0.6) is 5.75 Å². The Morgan fingerprint density at radius 2 is 1.61 bits per heavy atom. The number of nitrogens with one attached hydrogen (secondary N) is 1. The Balaban J connectivity index is 1.16. The van der Waals surface area contributed by atoms with Gasteiger partial charge in [-0.1, -0.05) is 0 Å². The second kappa shape index (κ2) is 12.9. The molecule has 0 saturated carbocycles. The number of carbonyl (C=O) groups is 5. The molecule has 3 aliphatic heterocycles. The highest BCUT2D eigenvalue weighted by Crippen LogP contribution is 2.33. The number of nitrogens with zero attached hydrogens (tertiary/aromatic N) is 3. The van der Waals surface area contributed by atoms with Gasteiger partial charge in [-0.2, -0.15) is 13.2 Å². The third-order valence-corrected chi connectivity index (χ3v) is 7.86. The first-order chi connectivity index (χ1) is 19.4. The summed E-state index contributed by atoms with van der Waals surface area (Å²) in [6.07, 6.45) is -1.78. The normalized spacial score (nSPS) is 19.6. The molecule has 0 unspecified atom stereocenters. The van der Waals surface area contributed by atoms with Crippen molar-refractivity contribution in [3.05, 3.63) is 23.8 Å². The SMILES string of the molecule is Cc1cc(OCC(=O)N2CCC(C3CCN(CC(=O)OC(=O)C(F)(F)F)CC3)CC2)ccc1N1CCC(=O)NC1=O. The molecule has 0 aromatic heterocycles. The van der Waals surface area contributed by atoms with Gasteiger partial charge in [-0.05, 0) is 81.3 Å². The average molecular weight is 583 g/mol. The lowest BCUT2D eigenvalue weighted by Crippen LogP contribution is -2.49. The number of urea groups is 1. The van der Waals surface area contributed by atoms with Gasteiger partial charge in [0.2, 0.25) is 5.91 Å². The molecule has 224 valence electrons. The Morgan fingerprint density at radius 1 is 0.976 bits per heavy atom. The molecular weight excluding hydrogens is 549 g/mol. The predicted molar refractivity (Wildman–Crippen MR) is 138 cm³/mol. The van der Waals surface area contributed by atoms with E-state index < -0.39 is 24.1 Å². The van der Waals surface area contributed by atoms with E-state index in [9.17, 15) is 37.1 Å². The van der Waals surface area contributed by atoms with Gasteiger partial charge in [-0.25, -0.2) is 9.59 Å². The second-order valence-corrected chi connectivity index (χ2v) is 10.6. The van der Waals surface area contributed by atoms with Gasteiger partial charge >= 0.3 is 24.1 Å². The van der Waals surface area contributed by atoms with Crippen LogP contribution in [0.25, 0.3) is 0 Å². The predicted octanol–water partition coefficient (Wildman–Crippen LogP) is 2.40. The van der Waals surface area contributed by atoms with Crippen molar-refractivity contribution >= 4 is 35.5 Å². The van der Waals surface area contributed by atoms with Crippen LogP contribution in [0.1, 0.15) is 37.7 Å². The summed E-state index contributed by atoms with van der Waals surface area (Å²) in [6.45, 7) is 3.87. The van der Waals surface area contributed by atoms with Crippen molar-refractivity contribution in [3.63, 3.8) is 0 Å². The molecule has 3 fully saturated rings. The lowest BCUT2D eigenvalue weighted by Gasteiger charge is -2.40. The Hall–Kier alpha value is -3.68. The number of imide groups is 1. The van der Waals surface area contributed by atoms with E-state index in [0.717, 1.165) is 31.2 Å². The number of likely N-dealkylation sites (tertiary alicyclic amines) is 2. The number of carbonyl (C=O) groups excluding carboxylic acids is 5. The Morgan fingerprint density at radius 3 is 2.20 bits per heavy atom. The molecule has 14 heteroatoms. The Bertz CT molecular complexity index is 1180. The van der Waals surface area contributed by atoms with Crippen molar-refractivity contribution in [2.45, 2.75) is 45.2 Å². The summed E-state index contributed by atoms with van der Waals surface area (Å²) in [7, 11) is 0. The van der Waals surface area contributed by atoms with E-state index in [-0.39, 0.29) is 31.4 Å². The number of hydrogen-bond acceptors (Lipinski definition) is 8. The standard InChI is InChI=1S/C27H33F3N4O7/c1-17-14-20(2-3-21(17)34-13-8-22(35)31-26(34)39)40-16-23(36)33-11-6-19(7-12-33)18-4-9-32(10-5-18)15-24(37)41-25(38)27(28,29)30/h2-3,14,18-19H,4-13,15-16H2,1H3,(H,31,35,39). The summed E-state index contributed by atoms with van der Waals surface area (Å²) in [6, 6.07) is 4.70. The number of amides is 4. The Labute approximate surface area is 234 Å². The number of rotatable bonds is 7.